The smallest absolute Gasteiger partial charge is 0.316 e. The molecular weight excluding hydrogens is 245 g/mol. The molecule has 1 aromatic carbocycles. The number of hydrogen-bond acceptors (Lipinski definition) is 2. The zero-order chi connectivity index (χ0) is 13.8. The van der Waals surface area contributed by atoms with Gasteiger partial charge in [-0.2, -0.15) is 0 Å². The lowest BCUT2D eigenvalue weighted by Gasteiger charge is -2.19. The predicted octanol–water partition coefficient (Wildman–Crippen LogP) is 1.92. The van der Waals surface area contributed by atoms with Crippen LogP contribution in [-0.2, 0) is 0 Å². The lowest BCUT2D eigenvalue weighted by Crippen LogP contribution is -2.38. The zero-order valence-electron chi connectivity index (χ0n) is 11.4. The van der Waals surface area contributed by atoms with Crippen molar-refractivity contribution < 1.29 is 9.18 Å². The topological polar surface area (TPSA) is 35.6 Å². The molecule has 5 heteroatoms. The number of hydrogen-bond donors (Lipinski definition) is 1. The van der Waals surface area contributed by atoms with Gasteiger partial charge in [-0.05, 0) is 36.6 Å². The van der Waals surface area contributed by atoms with E-state index in [0.29, 0.717) is 12.5 Å². The second-order valence-electron chi connectivity index (χ2n) is 5.16. The SMILES string of the molecule is CN(C)C(=O)NCC1CCN(c2ccc(F)cc2)C1. The Kier molecular flexibility index (Phi) is 4.24. The van der Waals surface area contributed by atoms with Crippen molar-refractivity contribution in [3.8, 4) is 0 Å². The van der Waals surface area contributed by atoms with Crippen molar-refractivity contribution in [3.63, 3.8) is 0 Å². The molecule has 0 saturated carbocycles. The summed E-state index contributed by atoms with van der Waals surface area (Å²) in [5.74, 6) is 0.242. The molecule has 0 spiro atoms. The maximum atomic E-state index is 12.9. The molecule has 1 fully saturated rings. The molecule has 0 aliphatic carbocycles. The minimum atomic E-state index is -0.210. The summed E-state index contributed by atoms with van der Waals surface area (Å²) in [6, 6.07) is 6.51. The molecule has 1 unspecified atom stereocenters. The van der Waals surface area contributed by atoms with Crippen LogP contribution in [0.5, 0.6) is 0 Å². The number of amides is 2. The van der Waals surface area contributed by atoms with E-state index in [2.05, 4.69) is 10.2 Å². The monoisotopic (exact) mass is 265 g/mol. The van der Waals surface area contributed by atoms with E-state index >= 15 is 0 Å². The van der Waals surface area contributed by atoms with Crippen LogP contribution in [0.2, 0.25) is 0 Å². The highest BCUT2D eigenvalue weighted by Gasteiger charge is 2.23. The Morgan fingerprint density at radius 2 is 2.11 bits per heavy atom. The molecule has 1 saturated heterocycles. The molecule has 1 aliphatic heterocycles. The van der Waals surface area contributed by atoms with E-state index in [-0.39, 0.29) is 11.8 Å². The summed E-state index contributed by atoms with van der Waals surface area (Å²) in [7, 11) is 3.46. The van der Waals surface area contributed by atoms with Gasteiger partial charge in [0, 0.05) is 39.4 Å². The van der Waals surface area contributed by atoms with Gasteiger partial charge in [-0.15, -0.1) is 0 Å². The third-order valence-electron chi connectivity index (χ3n) is 3.43. The first-order valence-corrected chi connectivity index (χ1v) is 6.52. The van der Waals surface area contributed by atoms with Crippen molar-refractivity contribution in [1.29, 1.82) is 0 Å². The highest BCUT2D eigenvalue weighted by Crippen LogP contribution is 2.23. The summed E-state index contributed by atoms with van der Waals surface area (Å²) in [5.41, 5.74) is 1.04. The normalized spacial score (nSPS) is 18.5. The summed E-state index contributed by atoms with van der Waals surface area (Å²) >= 11 is 0. The molecule has 2 rings (SSSR count). The third-order valence-corrected chi connectivity index (χ3v) is 3.43. The van der Waals surface area contributed by atoms with E-state index in [4.69, 9.17) is 0 Å². The average molecular weight is 265 g/mol. The van der Waals surface area contributed by atoms with Gasteiger partial charge in [-0.1, -0.05) is 0 Å². The lowest BCUT2D eigenvalue weighted by atomic mass is 10.1. The molecule has 2 amide bonds. The van der Waals surface area contributed by atoms with Crippen LogP contribution in [0.3, 0.4) is 0 Å². The molecular formula is C14H20FN3O. The first-order chi connectivity index (χ1) is 9.06. The Balaban J connectivity index is 1.83. The molecule has 0 aromatic heterocycles. The number of urea groups is 1. The van der Waals surface area contributed by atoms with E-state index in [9.17, 15) is 9.18 Å². The maximum absolute atomic E-state index is 12.9. The van der Waals surface area contributed by atoms with Crippen LogP contribution in [0.15, 0.2) is 24.3 Å². The largest absolute Gasteiger partial charge is 0.371 e. The molecule has 0 bridgehead atoms. The van der Waals surface area contributed by atoms with Crippen molar-refractivity contribution >= 4 is 11.7 Å². The highest BCUT2D eigenvalue weighted by atomic mass is 19.1. The summed E-state index contributed by atoms with van der Waals surface area (Å²) in [5, 5.41) is 2.91. The van der Waals surface area contributed by atoms with E-state index in [0.717, 1.165) is 25.2 Å². The summed E-state index contributed by atoms with van der Waals surface area (Å²) < 4.78 is 12.9. The number of rotatable bonds is 3. The number of nitrogens with zero attached hydrogens (tertiary/aromatic N) is 2. The van der Waals surface area contributed by atoms with E-state index in [1.54, 1.807) is 26.2 Å². The summed E-state index contributed by atoms with van der Waals surface area (Å²) in [4.78, 5) is 15.2. The van der Waals surface area contributed by atoms with E-state index < -0.39 is 0 Å². The van der Waals surface area contributed by atoms with Crippen LogP contribution in [0.1, 0.15) is 6.42 Å². The van der Waals surface area contributed by atoms with Crippen LogP contribution < -0.4 is 10.2 Å². The number of anilines is 1. The number of nitrogens with one attached hydrogen (secondary N) is 1. The Morgan fingerprint density at radius 3 is 2.74 bits per heavy atom. The first-order valence-electron chi connectivity index (χ1n) is 6.52. The molecule has 19 heavy (non-hydrogen) atoms. The average Bonchev–Trinajstić information content (AvgIpc) is 2.85. The Morgan fingerprint density at radius 1 is 1.42 bits per heavy atom. The highest BCUT2D eigenvalue weighted by molar-refractivity contribution is 5.73. The molecule has 1 aliphatic rings. The van der Waals surface area contributed by atoms with Crippen molar-refractivity contribution in [1.82, 2.24) is 10.2 Å². The molecule has 0 radical (unpaired) electrons. The molecule has 4 nitrogen and oxygen atoms in total. The lowest BCUT2D eigenvalue weighted by molar-refractivity contribution is 0.216. The summed E-state index contributed by atoms with van der Waals surface area (Å²) in [6.45, 7) is 2.54. The van der Waals surface area contributed by atoms with Gasteiger partial charge in [-0.25, -0.2) is 9.18 Å². The van der Waals surface area contributed by atoms with Crippen LogP contribution in [0.25, 0.3) is 0 Å². The third kappa shape index (κ3) is 3.59. The Hall–Kier alpha value is -1.78. The van der Waals surface area contributed by atoms with Gasteiger partial charge in [0.15, 0.2) is 0 Å². The quantitative estimate of drug-likeness (QED) is 0.906. The van der Waals surface area contributed by atoms with E-state index in [1.165, 1.54) is 17.0 Å². The number of halogens is 1. The predicted molar refractivity (Wildman–Crippen MR) is 73.8 cm³/mol. The molecule has 1 aromatic rings. The first kappa shape index (κ1) is 13.6. The van der Waals surface area contributed by atoms with Gasteiger partial charge in [0.1, 0.15) is 5.82 Å². The Bertz CT molecular complexity index is 433. The van der Waals surface area contributed by atoms with Crippen LogP contribution in [0, 0.1) is 11.7 Å². The van der Waals surface area contributed by atoms with Crippen molar-refractivity contribution in [3.05, 3.63) is 30.1 Å². The molecule has 104 valence electrons. The fourth-order valence-corrected chi connectivity index (χ4v) is 2.28. The van der Waals surface area contributed by atoms with Crippen molar-refractivity contribution in [2.24, 2.45) is 5.92 Å². The second kappa shape index (κ2) is 5.91. The van der Waals surface area contributed by atoms with E-state index in [1.807, 2.05) is 0 Å². The van der Waals surface area contributed by atoms with Gasteiger partial charge >= 0.3 is 6.03 Å². The van der Waals surface area contributed by atoms with Crippen LogP contribution >= 0.6 is 0 Å². The minimum Gasteiger partial charge on any atom is -0.371 e. The Labute approximate surface area is 113 Å². The van der Waals surface area contributed by atoms with Crippen LogP contribution in [-0.4, -0.2) is 44.7 Å². The summed E-state index contributed by atoms with van der Waals surface area (Å²) in [6.07, 6.45) is 1.05. The maximum Gasteiger partial charge on any atom is 0.316 e. The fourth-order valence-electron chi connectivity index (χ4n) is 2.28. The van der Waals surface area contributed by atoms with Crippen molar-refractivity contribution in [2.45, 2.75) is 6.42 Å². The standard InChI is InChI=1S/C14H20FN3O/c1-17(2)14(19)16-9-11-7-8-18(10-11)13-5-3-12(15)4-6-13/h3-6,11H,7-10H2,1-2H3,(H,16,19). The van der Waals surface area contributed by atoms with Gasteiger partial charge in [0.25, 0.3) is 0 Å². The van der Waals surface area contributed by atoms with Gasteiger partial charge < -0.3 is 15.1 Å². The number of carbonyl (C=O) groups is 1. The number of carbonyl (C=O) groups excluding carboxylic acids is 1. The van der Waals surface area contributed by atoms with Gasteiger partial charge in [0.05, 0.1) is 0 Å². The zero-order valence-corrected chi connectivity index (χ0v) is 11.4. The number of benzene rings is 1. The molecule has 1 heterocycles. The van der Waals surface area contributed by atoms with Crippen molar-refractivity contribution in [2.75, 3.05) is 38.6 Å². The minimum absolute atomic E-state index is 0.0553. The fraction of sp³-hybridized carbons (Fsp3) is 0.500. The second-order valence-corrected chi connectivity index (χ2v) is 5.16. The van der Waals surface area contributed by atoms with Gasteiger partial charge in [-0.3, -0.25) is 0 Å². The molecule has 1 N–H and O–H groups in total. The van der Waals surface area contributed by atoms with Gasteiger partial charge in [0.2, 0.25) is 0 Å². The molecule has 1 atom stereocenters. The van der Waals surface area contributed by atoms with Crippen LogP contribution in [0.4, 0.5) is 14.9 Å².